The maximum atomic E-state index is 12.7. The van der Waals surface area contributed by atoms with Gasteiger partial charge in [0, 0.05) is 19.5 Å². The van der Waals surface area contributed by atoms with E-state index < -0.39 is 15.4 Å². The van der Waals surface area contributed by atoms with E-state index in [-0.39, 0.29) is 22.8 Å². The topological polar surface area (TPSA) is 95.6 Å². The average Bonchev–Trinajstić information content (AvgIpc) is 3.01. The van der Waals surface area contributed by atoms with Crippen LogP contribution in [0.2, 0.25) is 0 Å². The number of amides is 2. The van der Waals surface area contributed by atoms with Crippen molar-refractivity contribution in [2.24, 2.45) is 5.41 Å². The molecule has 1 aromatic heterocycles. The van der Waals surface area contributed by atoms with Crippen LogP contribution in [-0.2, 0) is 14.8 Å². The van der Waals surface area contributed by atoms with Crippen LogP contribution >= 0.6 is 11.3 Å². The van der Waals surface area contributed by atoms with Crippen molar-refractivity contribution in [3.05, 3.63) is 46.3 Å². The summed E-state index contributed by atoms with van der Waals surface area (Å²) in [4.78, 5) is 25.6. The van der Waals surface area contributed by atoms with Crippen molar-refractivity contribution in [1.29, 1.82) is 0 Å². The molecule has 1 unspecified atom stereocenters. The molecule has 2 N–H and O–H groups in total. The van der Waals surface area contributed by atoms with E-state index in [4.69, 9.17) is 0 Å². The van der Waals surface area contributed by atoms with Gasteiger partial charge in [0.15, 0.2) is 0 Å². The molecule has 0 aliphatic rings. The first-order valence-corrected chi connectivity index (χ1v) is 11.7. The van der Waals surface area contributed by atoms with E-state index in [9.17, 15) is 18.0 Å². The zero-order chi connectivity index (χ0) is 22.9. The van der Waals surface area contributed by atoms with Gasteiger partial charge >= 0.3 is 0 Å². The van der Waals surface area contributed by atoms with Gasteiger partial charge < -0.3 is 10.6 Å². The van der Waals surface area contributed by atoms with Crippen LogP contribution in [0.4, 0.5) is 5.00 Å². The van der Waals surface area contributed by atoms with Crippen LogP contribution in [-0.4, -0.2) is 38.6 Å². The van der Waals surface area contributed by atoms with Crippen LogP contribution in [0.25, 0.3) is 0 Å². The highest BCUT2D eigenvalue weighted by Gasteiger charge is 2.23. The quantitative estimate of drug-likeness (QED) is 0.699. The molecular formula is C21H29N3O4S2. The second kappa shape index (κ2) is 8.87. The molecule has 1 heterocycles. The molecule has 0 spiro atoms. The summed E-state index contributed by atoms with van der Waals surface area (Å²) in [5.74, 6) is -0.358. The highest BCUT2D eigenvalue weighted by molar-refractivity contribution is 7.89. The number of carbonyl (C=O) groups excluding carboxylic acids is 2. The smallest absolute Gasteiger partial charge is 0.262 e. The maximum absolute atomic E-state index is 12.7. The Bertz CT molecular complexity index is 1030. The molecule has 9 heteroatoms. The highest BCUT2D eigenvalue weighted by Crippen LogP contribution is 2.29. The molecule has 0 aliphatic carbocycles. The molecule has 0 saturated heterocycles. The Hall–Kier alpha value is -2.23. The van der Waals surface area contributed by atoms with Crippen LogP contribution in [0.1, 0.15) is 54.5 Å². The van der Waals surface area contributed by atoms with E-state index in [0.29, 0.717) is 9.88 Å². The summed E-state index contributed by atoms with van der Waals surface area (Å²) in [6.07, 6.45) is 0. The fourth-order valence-corrected chi connectivity index (χ4v) is 4.43. The van der Waals surface area contributed by atoms with Gasteiger partial charge in [0.1, 0.15) is 0 Å². The molecule has 1 atom stereocenters. The van der Waals surface area contributed by atoms with Crippen molar-refractivity contribution in [3.63, 3.8) is 0 Å². The lowest BCUT2D eigenvalue weighted by molar-refractivity contribution is -0.123. The third-order valence-corrected chi connectivity index (χ3v) is 7.53. The van der Waals surface area contributed by atoms with Crippen LogP contribution in [0.3, 0.4) is 0 Å². The van der Waals surface area contributed by atoms with Gasteiger partial charge in [-0.3, -0.25) is 9.59 Å². The molecular weight excluding hydrogens is 422 g/mol. The Labute approximate surface area is 182 Å². The van der Waals surface area contributed by atoms with Crippen molar-refractivity contribution >= 4 is 38.2 Å². The molecule has 0 fully saturated rings. The average molecular weight is 452 g/mol. The molecule has 1 aromatic carbocycles. The minimum absolute atomic E-state index is 0.114. The highest BCUT2D eigenvalue weighted by atomic mass is 32.2. The minimum Gasteiger partial charge on any atom is -0.345 e. The second-order valence-electron chi connectivity index (χ2n) is 8.38. The van der Waals surface area contributed by atoms with Crippen molar-refractivity contribution in [3.8, 4) is 0 Å². The number of sulfonamides is 1. The van der Waals surface area contributed by atoms with Gasteiger partial charge in [0.2, 0.25) is 15.9 Å². The summed E-state index contributed by atoms with van der Waals surface area (Å²) >= 11 is 1.23. The monoisotopic (exact) mass is 451 g/mol. The summed E-state index contributed by atoms with van der Waals surface area (Å²) < 4.78 is 25.5. The SMILES string of the molecule is Cc1cc(NC(=O)C(C)(C)C)sc1C(=O)NC(C)c1ccc(S(=O)(=O)N(C)C)cc1. The maximum Gasteiger partial charge on any atom is 0.262 e. The Morgan fingerprint density at radius 2 is 1.67 bits per heavy atom. The molecule has 30 heavy (non-hydrogen) atoms. The summed E-state index contributed by atoms with van der Waals surface area (Å²) in [6.45, 7) is 9.13. The lowest BCUT2D eigenvalue weighted by atomic mass is 9.96. The Morgan fingerprint density at radius 3 is 2.17 bits per heavy atom. The standard InChI is InChI=1S/C21H29N3O4S2/c1-13-12-17(23-20(26)21(3,4)5)29-18(13)19(25)22-14(2)15-8-10-16(11-9-15)30(27,28)24(6)7/h8-12,14H,1-7H3,(H,22,25)(H,23,26). The third-order valence-electron chi connectivity index (χ3n) is 4.55. The minimum atomic E-state index is -3.50. The van der Waals surface area contributed by atoms with Gasteiger partial charge in [-0.1, -0.05) is 32.9 Å². The van der Waals surface area contributed by atoms with Gasteiger partial charge in [0.05, 0.1) is 20.8 Å². The molecule has 0 aliphatic heterocycles. The number of hydrogen-bond donors (Lipinski definition) is 2. The lowest BCUT2D eigenvalue weighted by Crippen LogP contribution is -2.27. The molecule has 0 saturated carbocycles. The number of rotatable bonds is 6. The molecule has 7 nitrogen and oxygen atoms in total. The van der Waals surface area contributed by atoms with Crippen molar-refractivity contribution < 1.29 is 18.0 Å². The predicted octanol–water partition coefficient (Wildman–Crippen LogP) is 3.78. The summed E-state index contributed by atoms with van der Waals surface area (Å²) in [5, 5.41) is 6.41. The van der Waals surface area contributed by atoms with Crippen LogP contribution in [0, 0.1) is 12.3 Å². The number of nitrogens with one attached hydrogen (secondary N) is 2. The summed E-state index contributed by atoms with van der Waals surface area (Å²) in [5.41, 5.74) is 1.04. The Kier molecular flexibility index (Phi) is 7.11. The first-order valence-electron chi connectivity index (χ1n) is 9.48. The third kappa shape index (κ3) is 5.47. The van der Waals surface area contributed by atoms with Gasteiger partial charge in [-0.2, -0.15) is 0 Å². The fourth-order valence-electron chi connectivity index (χ4n) is 2.55. The zero-order valence-corrected chi connectivity index (χ0v) is 20.0. The number of benzene rings is 1. The van der Waals surface area contributed by atoms with Gasteiger partial charge in [-0.15, -0.1) is 11.3 Å². The van der Waals surface area contributed by atoms with Gasteiger partial charge in [-0.05, 0) is 43.2 Å². The lowest BCUT2D eigenvalue weighted by Gasteiger charge is -2.16. The number of anilines is 1. The number of hydrogen-bond acceptors (Lipinski definition) is 5. The molecule has 0 radical (unpaired) electrons. The van der Waals surface area contributed by atoms with E-state index in [1.54, 1.807) is 18.2 Å². The van der Waals surface area contributed by atoms with Crippen molar-refractivity contribution in [1.82, 2.24) is 9.62 Å². The van der Waals surface area contributed by atoms with E-state index in [2.05, 4.69) is 10.6 Å². The molecule has 164 valence electrons. The molecule has 0 bridgehead atoms. The van der Waals surface area contributed by atoms with Crippen molar-refractivity contribution in [2.75, 3.05) is 19.4 Å². The number of nitrogens with zero attached hydrogens (tertiary/aromatic N) is 1. The van der Waals surface area contributed by atoms with E-state index in [0.717, 1.165) is 15.4 Å². The van der Waals surface area contributed by atoms with E-state index >= 15 is 0 Å². The largest absolute Gasteiger partial charge is 0.345 e. The van der Waals surface area contributed by atoms with Crippen LogP contribution in [0.5, 0.6) is 0 Å². The van der Waals surface area contributed by atoms with Gasteiger partial charge in [0.25, 0.3) is 5.91 Å². The van der Waals surface area contributed by atoms with Gasteiger partial charge in [-0.25, -0.2) is 12.7 Å². The van der Waals surface area contributed by atoms with Crippen LogP contribution < -0.4 is 10.6 Å². The molecule has 2 amide bonds. The van der Waals surface area contributed by atoms with Crippen molar-refractivity contribution in [2.45, 2.75) is 45.6 Å². The molecule has 2 rings (SSSR count). The normalized spacial score (nSPS) is 13.2. The van der Waals surface area contributed by atoms with Crippen LogP contribution in [0.15, 0.2) is 35.2 Å². The predicted molar refractivity (Wildman–Crippen MR) is 120 cm³/mol. The molecule has 2 aromatic rings. The van der Waals surface area contributed by atoms with E-state index in [1.165, 1.54) is 37.6 Å². The first kappa shape index (κ1) is 24.0. The van der Waals surface area contributed by atoms with E-state index in [1.807, 2.05) is 34.6 Å². The number of aryl methyl sites for hydroxylation is 1. The Morgan fingerprint density at radius 1 is 1.10 bits per heavy atom. The summed E-state index contributed by atoms with van der Waals surface area (Å²) in [7, 11) is -0.536. The number of carbonyl (C=O) groups is 2. The Balaban J connectivity index is 2.12. The first-order chi connectivity index (χ1) is 13.7. The second-order valence-corrected chi connectivity index (χ2v) is 11.6. The summed E-state index contributed by atoms with van der Waals surface area (Å²) in [6, 6.07) is 7.92. The number of thiophene rings is 1. The fraction of sp³-hybridized carbons (Fsp3) is 0.429. The zero-order valence-electron chi connectivity index (χ0n) is 18.4.